The van der Waals surface area contributed by atoms with Gasteiger partial charge in [-0.05, 0) is 44.5 Å². The van der Waals surface area contributed by atoms with Crippen LogP contribution in [0.3, 0.4) is 0 Å². The average molecular weight is 307 g/mol. The summed E-state index contributed by atoms with van der Waals surface area (Å²) in [6.45, 7) is 5.14. The highest BCUT2D eigenvalue weighted by atomic mass is 35.5. The predicted octanol–water partition coefficient (Wildman–Crippen LogP) is 4.71. The maximum Gasteiger partial charge on any atom is 0.416 e. The Hall–Kier alpha value is -1.49. The molecule has 0 aliphatic rings. The molecule has 0 radical (unpaired) electrons. The number of ether oxygens (including phenoxy) is 1. The van der Waals surface area contributed by atoms with E-state index in [9.17, 15) is 18.0 Å². The molecule has 1 rings (SSSR count). The van der Waals surface area contributed by atoms with Crippen LogP contribution in [0.15, 0.2) is 24.3 Å². The van der Waals surface area contributed by atoms with Gasteiger partial charge in [0.15, 0.2) is 0 Å². The topological polar surface area (TPSA) is 26.3 Å². The van der Waals surface area contributed by atoms with Crippen molar-refractivity contribution < 1.29 is 22.7 Å². The fourth-order valence-electron chi connectivity index (χ4n) is 1.33. The van der Waals surface area contributed by atoms with Gasteiger partial charge in [0.25, 0.3) is 0 Å². The number of alkyl halides is 3. The summed E-state index contributed by atoms with van der Waals surface area (Å²) >= 11 is 5.75. The zero-order valence-electron chi connectivity index (χ0n) is 11.2. The van der Waals surface area contributed by atoms with Crippen molar-refractivity contribution in [1.29, 1.82) is 0 Å². The monoisotopic (exact) mass is 306 g/mol. The third kappa shape index (κ3) is 5.25. The second kappa shape index (κ2) is 5.87. The van der Waals surface area contributed by atoms with Gasteiger partial charge in [0.2, 0.25) is 0 Å². The van der Waals surface area contributed by atoms with E-state index in [0.29, 0.717) is 5.56 Å². The van der Waals surface area contributed by atoms with Crippen molar-refractivity contribution in [3.05, 3.63) is 40.4 Å². The van der Waals surface area contributed by atoms with Gasteiger partial charge in [-0.2, -0.15) is 13.2 Å². The van der Waals surface area contributed by atoms with Crippen molar-refractivity contribution in [3.8, 4) is 0 Å². The minimum atomic E-state index is -4.45. The number of esters is 1. The first-order valence-corrected chi connectivity index (χ1v) is 6.14. The molecule has 0 saturated carbocycles. The minimum Gasteiger partial charge on any atom is -0.457 e. The molecule has 0 saturated heterocycles. The van der Waals surface area contributed by atoms with Crippen LogP contribution < -0.4 is 0 Å². The summed E-state index contributed by atoms with van der Waals surface area (Å²) in [5, 5.41) is -0.0837. The molecule has 0 aliphatic carbocycles. The summed E-state index contributed by atoms with van der Waals surface area (Å²) in [6.07, 6.45) is -2.01. The molecule has 1 aromatic carbocycles. The molecule has 0 atom stereocenters. The van der Waals surface area contributed by atoms with E-state index in [0.717, 1.165) is 18.2 Å². The molecular formula is C14H14ClF3O2. The lowest BCUT2D eigenvalue weighted by molar-refractivity contribution is -0.148. The number of hydrogen-bond acceptors (Lipinski definition) is 2. The fraction of sp³-hybridized carbons (Fsp3) is 0.357. The molecule has 110 valence electrons. The van der Waals surface area contributed by atoms with Gasteiger partial charge in [0.05, 0.1) is 5.56 Å². The van der Waals surface area contributed by atoms with E-state index in [2.05, 4.69) is 0 Å². The van der Waals surface area contributed by atoms with Gasteiger partial charge >= 0.3 is 12.1 Å². The normalized spacial score (nSPS) is 12.8. The standard InChI is InChI=1S/C14H14ClF3O2/c1-13(2,3)20-12(19)7-5-9-4-6-10(8-11(9)15)14(16,17)18/h4-8H,1-3H3. The molecule has 6 heteroatoms. The number of hydrogen-bond donors (Lipinski definition) is 0. The predicted molar refractivity (Wildman–Crippen MR) is 71.3 cm³/mol. The summed E-state index contributed by atoms with van der Waals surface area (Å²) in [5.74, 6) is -0.589. The minimum absolute atomic E-state index is 0.0837. The van der Waals surface area contributed by atoms with Crippen LogP contribution in [0.2, 0.25) is 5.02 Å². The molecule has 0 aliphatic heterocycles. The second-order valence-corrected chi connectivity index (χ2v) is 5.51. The zero-order chi connectivity index (χ0) is 15.6. The van der Waals surface area contributed by atoms with Gasteiger partial charge in [0.1, 0.15) is 5.60 Å². The molecule has 1 aromatic rings. The molecular weight excluding hydrogens is 293 g/mol. The highest BCUT2D eigenvalue weighted by Gasteiger charge is 2.30. The molecule has 20 heavy (non-hydrogen) atoms. The van der Waals surface area contributed by atoms with Crippen molar-refractivity contribution in [2.75, 3.05) is 0 Å². The Morgan fingerprint density at radius 2 is 1.85 bits per heavy atom. The van der Waals surface area contributed by atoms with Crippen molar-refractivity contribution >= 4 is 23.6 Å². The van der Waals surface area contributed by atoms with Crippen molar-refractivity contribution in [2.24, 2.45) is 0 Å². The van der Waals surface area contributed by atoms with E-state index in [1.54, 1.807) is 20.8 Å². The van der Waals surface area contributed by atoms with Gasteiger partial charge in [-0.3, -0.25) is 0 Å². The molecule has 0 spiro atoms. The summed E-state index contributed by atoms with van der Waals surface area (Å²) in [4.78, 5) is 11.4. The van der Waals surface area contributed by atoms with Crippen LogP contribution in [-0.4, -0.2) is 11.6 Å². The smallest absolute Gasteiger partial charge is 0.416 e. The largest absolute Gasteiger partial charge is 0.457 e. The number of benzene rings is 1. The Balaban J connectivity index is 2.87. The van der Waals surface area contributed by atoms with Gasteiger partial charge in [-0.25, -0.2) is 4.79 Å². The first-order valence-electron chi connectivity index (χ1n) is 5.77. The number of carbonyl (C=O) groups is 1. The van der Waals surface area contributed by atoms with Crippen LogP contribution in [-0.2, 0) is 15.7 Å². The van der Waals surface area contributed by atoms with Crippen LogP contribution in [0, 0.1) is 0 Å². The van der Waals surface area contributed by atoms with Gasteiger partial charge < -0.3 is 4.74 Å². The Morgan fingerprint density at radius 3 is 2.30 bits per heavy atom. The van der Waals surface area contributed by atoms with Crippen LogP contribution in [0.4, 0.5) is 13.2 Å². The summed E-state index contributed by atoms with van der Waals surface area (Å²) in [6, 6.07) is 2.92. The third-order valence-electron chi connectivity index (χ3n) is 2.13. The van der Waals surface area contributed by atoms with Crippen LogP contribution >= 0.6 is 11.6 Å². The lowest BCUT2D eigenvalue weighted by Gasteiger charge is -2.17. The Kier molecular flexibility index (Phi) is 4.86. The molecule has 0 heterocycles. The molecule has 0 unspecified atom stereocenters. The number of carbonyl (C=O) groups excluding carboxylic acids is 1. The van der Waals surface area contributed by atoms with E-state index < -0.39 is 23.3 Å². The maximum atomic E-state index is 12.4. The lowest BCUT2D eigenvalue weighted by atomic mass is 10.1. The van der Waals surface area contributed by atoms with E-state index in [-0.39, 0.29) is 5.02 Å². The molecule has 0 bridgehead atoms. The van der Waals surface area contributed by atoms with Gasteiger partial charge in [-0.15, -0.1) is 0 Å². The Bertz CT molecular complexity index is 528. The Morgan fingerprint density at radius 1 is 1.25 bits per heavy atom. The fourth-order valence-corrected chi connectivity index (χ4v) is 1.58. The molecule has 0 fully saturated rings. The number of rotatable bonds is 2. The average Bonchev–Trinajstić information content (AvgIpc) is 2.23. The van der Waals surface area contributed by atoms with Crippen LogP contribution in [0.5, 0.6) is 0 Å². The zero-order valence-corrected chi connectivity index (χ0v) is 12.0. The number of halogens is 4. The first kappa shape index (κ1) is 16.6. The molecule has 0 N–H and O–H groups in total. The summed E-state index contributed by atoms with van der Waals surface area (Å²) in [5.41, 5.74) is -1.16. The van der Waals surface area contributed by atoms with Crippen molar-refractivity contribution in [1.82, 2.24) is 0 Å². The molecule has 2 nitrogen and oxygen atoms in total. The molecule has 0 amide bonds. The second-order valence-electron chi connectivity index (χ2n) is 5.10. The maximum absolute atomic E-state index is 12.4. The van der Waals surface area contributed by atoms with Crippen molar-refractivity contribution in [2.45, 2.75) is 32.5 Å². The third-order valence-corrected chi connectivity index (χ3v) is 2.46. The van der Waals surface area contributed by atoms with Gasteiger partial charge in [-0.1, -0.05) is 17.7 Å². The molecule has 0 aromatic heterocycles. The quantitative estimate of drug-likeness (QED) is 0.584. The highest BCUT2D eigenvalue weighted by Crippen LogP contribution is 2.32. The lowest BCUT2D eigenvalue weighted by Crippen LogP contribution is -2.22. The SMILES string of the molecule is CC(C)(C)OC(=O)C=Cc1ccc(C(F)(F)F)cc1Cl. The highest BCUT2D eigenvalue weighted by molar-refractivity contribution is 6.32. The van der Waals surface area contributed by atoms with Crippen LogP contribution in [0.1, 0.15) is 31.9 Å². The Labute approximate surface area is 120 Å². The van der Waals surface area contributed by atoms with E-state index in [4.69, 9.17) is 16.3 Å². The van der Waals surface area contributed by atoms with Crippen LogP contribution in [0.25, 0.3) is 6.08 Å². The van der Waals surface area contributed by atoms with Crippen molar-refractivity contribution in [3.63, 3.8) is 0 Å². The summed E-state index contributed by atoms with van der Waals surface area (Å²) in [7, 11) is 0. The van der Waals surface area contributed by atoms with E-state index in [1.165, 1.54) is 12.1 Å². The first-order chi connectivity index (χ1) is 8.99. The van der Waals surface area contributed by atoms with E-state index in [1.807, 2.05) is 0 Å². The van der Waals surface area contributed by atoms with Gasteiger partial charge in [0, 0.05) is 11.1 Å². The van der Waals surface area contributed by atoms with E-state index >= 15 is 0 Å². The summed E-state index contributed by atoms with van der Waals surface area (Å²) < 4.78 is 42.4.